The molecule has 3 heterocycles. The molecule has 0 aliphatic carbocycles. The lowest BCUT2D eigenvalue weighted by Crippen LogP contribution is -2.39. The van der Waals surface area contributed by atoms with Gasteiger partial charge in [0.2, 0.25) is 5.91 Å². The Hall–Kier alpha value is -2.27. The monoisotopic (exact) mass is 378 g/mol. The van der Waals surface area contributed by atoms with E-state index in [1.165, 1.54) is 18.4 Å². The number of aromatic nitrogens is 2. The molecule has 2 aliphatic heterocycles. The van der Waals surface area contributed by atoms with Gasteiger partial charge in [0.05, 0.1) is 17.7 Å². The molecule has 0 unspecified atom stereocenters. The number of nitrogens with zero attached hydrogens (tertiary/aromatic N) is 4. The van der Waals surface area contributed by atoms with E-state index in [2.05, 4.69) is 48.1 Å². The quantitative estimate of drug-likeness (QED) is 0.818. The van der Waals surface area contributed by atoms with Crippen LogP contribution < -0.4 is 0 Å². The summed E-state index contributed by atoms with van der Waals surface area (Å²) in [6, 6.07) is 8.60. The first-order valence-corrected chi connectivity index (χ1v) is 10.4. The first-order chi connectivity index (χ1) is 13.5. The molecule has 4 rings (SSSR count). The molecule has 1 aromatic heterocycles. The van der Waals surface area contributed by atoms with Crippen LogP contribution in [0.3, 0.4) is 0 Å². The van der Waals surface area contributed by atoms with Crippen LogP contribution in [0.25, 0.3) is 0 Å². The van der Waals surface area contributed by atoms with Gasteiger partial charge in [-0.3, -0.25) is 9.69 Å². The third-order valence-corrected chi connectivity index (χ3v) is 6.28. The molecule has 2 aromatic rings. The SMILES string of the molecule is Cc1ccc([C@H](C)C(=O)N2CCc3nc([C@@H]4CCCCN4C)ncc3C2)cc1. The molecule has 2 aliphatic rings. The van der Waals surface area contributed by atoms with Crippen LogP contribution in [0.1, 0.15) is 66.4 Å². The highest BCUT2D eigenvalue weighted by molar-refractivity contribution is 5.83. The summed E-state index contributed by atoms with van der Waals surface area (Å²) >= 11 is 0. The first kappa shape index (κ1) is 19.1. The second-order valence-corrected chi connectivity index (χ2v) is 8.33. The molecule has 148 valence electrons. The third-order valence-electron chi connectivity index (χ3n) is 6.28. The largest absolute Gasteiger partial charge is 0.337 e. The number of carbonyl (C=O) groups is 1. The van der Waals surface area contributed by atoms with E-state index in [0.717, 1.165) is 48.6 Å². The zero-order valence-corrected chi connectivity index (χ0v) is 17.2. The van der Waals surface area contributed by atoms with Crippen LogP contribution >= 0.6 is 0 Å². The number of hydrogen-bond donors (Lipinski definition) is 0. The van der Waals surface area contributed by atoms with Gasteiger partial charge in [0.25, 0.3) is 0 Å². The number of benzene rings is 1. The van der Waals surface area contributed by atoms with E-state index in [1.54, 1.807) is 0 Å². The summed E-state index contributed by atoms with van der Waals surface area (Å²) in [4.78, 5) is 26.9. The van der Waals surface area contributed by atoms with Crippen molar-refractivity contribution in [1.82, 2.24) is 19.8 Å². The van der Waals surface area contributed by atoms with Crippen molar-refractivity contribution in [1.29, 1.82) is 0 Å². The number of piperidine rings is 1. The van der Waals surface area contributed by atoms with Crippen LogP contribution in [0.2, 0.25) is 0 Å². The number of amides is 1. The molecule has 0 saturated carbocycles. The summed E-state index contributed by atoms with van der Waals surface area (Å²) in [5.41, 5.74) is 4.51. The third kappa shape index (κ3) is 3.81. The summed E-state index contributed by atoms with van der Waals surface area (Å²) in [6.45, 7) is 6.53. The number of likely N-dealkylation sites (tertiary alicyclic amines) is 1. The van der Waals surface area contributed by atoms with Gasteiger partial charge in [-0.2, -0.15) is 0 Å². The summed E-state index contributed by atoms with van der Waals surface area (Å²) in [7, 11) is 2.17. The molecule has 1 amide bonds. The predicted octanol–water partition coefficient (Wildman–Crippen LogP) is 3.63. The molecule has 1 saturated heterocycles. The summed E-state index contributed by atoms with van der Waals surface area (Å²) in [5, 5.41) is 0. The maximum absolute atomic E-state index is 13.0. The molecule has 5 heteroatoms. The number of rotatable bonds is 3. The number of fused-ring (bicyclic) bond motifs is 1. The van der Waals surface area contributed by atoms with Gasteiger partial charge < -0.3 is 4.90 Å². The molecule has 2 atom stereocenters. The van der Waals surface area contributed by atoms with Gasteiger partial charge in [-0.15, -0.1) is 0 Å². The Morgan fingerprint density at radius 2 is 1.96 bits per heavy atom. The molecule has 0 spiro atoms. The van der Waals surface area contributed by atoms with Crippen molar-refractivity contribution >= 4 is 5.91 Å². The standard InChI is InChI=1S/C23H30N4O/c1-16-7-9-18(10-8-16)17(2)23(28)27-13-11-20-19(15-27)14-24-22(25-20)21-6-4-5-12-26(21)3/h7-10,14,17,21H,4-6,11-13,15H2,1-3H3/t17-,21-/m0/s1. The highest BCUT2D eigenvalue weighted by Crippen LogP contribution is 2.29. The van der Waals surface area contributed by atoms with Crippen LogP contribution in [-0.2, 0) is 17.8 Å². The molecular weight excluding hydrogens is 348 g/mol. The zero-order valence-electron chi connectivity index (χ0n) is 17.2. The van der Waals surface area contributed by atoms with Gasteiger partial charge in [-0.25, -0.2) is 9.97 Å². The molecule has 0 bridgehead atoms. The molecule has 1 fully saturated rings. The number of carbonyl (C=O) groups excluding carboxylic acids is 1. The average molecular weight is 379 g/mol. The lowest BCUT2D eigenvalue weighted by molar-refractivity contribution is -0.133. The van der Waals surface area contributed by atoms with Crippen LogP contribution in [0.4, 0.5) is 0 Å². The van der Waals surface area contributed by atoms with Crippen LogP contribution in [-0.4, -0.2) is 45.8 Å². The van der Waals surface area contributed by atoms with Crippen LogP contribution in [0, 0.1) is 6.92 Å². The van der Waals surface area contributed by atoms with Gasteiger partial charge >= 0.3 is 0 Å². The van der Waals surface area contributed by atoms with Gasteiger partial charge in [0.15, 0.2) is 0 Å². The average Bonchev–Trinajstić information content (AvgIpc) is 2.73. The fourth-order valence-corrected chi connectivity index (χ4v) is 4.35. The topological polar surface area (TPSA) is 49.3 Å². The lowest BCUT2D eigenvalue weighted by Gasteiger charge is -2.33. The lowest BCUT2D eigenvalue weighted by atomic mass is 9.97. The molecule has 0 N–H and O–H groups in total. The van der Waals surface area contributed by atoms with Crippen molar-refractivity contribution in [3.63, 3.8) is 0 Å². The normalized spacial score (nSPS) is 21.2. The van der Waals surface area contributed by atoms with Gasteiger partial charge in [0.1, 0.15) is 5.82 Å². The Balaban J connectivity index is 1.47. The van der Waals surface area contributed by atoms with E-state index in [0.29, 0.717) is 12.6 Å². The van der Waals surface area contributed by atoms with E-state index in [-0.39, 0.29) is 11.8 Å². The summed E-state index contributed by atoms with van der Waals surface area (Å²) < 4.78 is 0. The fourth-order valence-electron chi connectivity index (χ4n) is 4.35. The van der Waals surface area contributed by atoms with Crippen LogP contribution in [0.15, 0.2) is 30.5 Å². The second kappa shape index (κ2) is 8.00. The molecule has 5 nitrogen and oxygen atoms in total. The zero-order chi connectivity index (χ0) is 19.7. The van der Waals surface area contributed by atoms with Crippen molar-refractivity contribution in [2.45, 2.75) is 58.0 Å². The van der Waals surface area contributed by atoms with Gasteiger partial charge in [0, 0.05) is 31.3 Å². The van der Waals surface area contributed by atoms with Gasteiger partial charge in [-0.05, 0) is 45.8 Å². The van der Waals surface area contributed by atoms with E-state index >= 15 is 0 Å². The Kier molecular flexibility index (Phi) is 5.44. The van der Waals surface area contributed by atoms with E-state index in [1.807, 2.05) is 18.0 Å². The van der Waals surface area contributed by atoms with E-state index in [4.69, 9.17) is 4.98 Å². The minimum absolute atomic E-state index is 0.127. The van der Waals surface area contributed by atoms with Gasteiger partial charge in [-0.1, -0.05) is 36.2 Å². The molecule has 1 aromatic carbocycles. The van der Waals surface area contributed by atoms with Crippen molar-refractivity contribution in [3.05, 3.63) is 58.7 Å². The first-order valence-electron chi connectivity index (χ1n) is 10.4. The maximum Gasteiger partial charge on any atom is 0.230 e. The number of aryl methyl sites for hydroxylation is 1. The second-order valence-electron chi connectivity index (χ2n) is 8.33. The highest BCUT2D eigenvalue weighted by Gasteiger charge is 2.28. The Morgan fingerprint density at radius 1 is 1.18 bits per heavy atom. The van der Waals surface area contributed by atoms with Crippen molar-refractivity contribution in [3.8, 4) is 0 Å². The Morgan fingerprint density at radius 3 is 2.71 bits per heavy atom. The fraction of sp³-hybridized carbons (Fsp3) is 0.522. The van der Waals surface area contributed by atoms with E-state index < -0.39 is 0 Å². The summed E-state index contributed by atoms with van der Waals surface area (Å²) in [5.74, 6) is 1.01. The maximum atomic E-state index is 13.0. The van der Waals surface area contributed by atoms with Crippen molar-refractivity contribution < 1.29 is 4.79 Å². The predicted molar refractivity (Wildman–Crippen MR) is 110 cm³/mol. The Bertz CT molecular complexity index is 848. The molecular formula is C23H30N4O. The number of hydrogen-bond acceptors (Lipinski definition) is 4. The Labute approximate surface area is 167 Å². The molecule has 0 radical (unpaired) electrons. The highest BCUT2D eigenvalue weighted by atomic mass is 16.2. The van der Waals surface area contributed by atoms with E-state index in [9.17, 15) is 4.79 Å². The van der Waals surface area contributed by atoms with Crippen molar-refractivity contribution in [2.75, 3.05) is 20.1 Å². The van der Waals surface area contributed by atoms with Crippen LogP contribution in [0.5, 0.6) is 0 Å². The smallest absolute Gasteiger partial charge is 0.230 e. The molecule has 28 heavy (non-hydrogen) atoms. The minimum Gasteiger partial charge on any atom is -0.337 e. The summed E-state index contributed by atoms with van der Waals surface area (Å²) in [6.07, 6.45) is 6.40. The minimum atomic E-state index is -0.127. The van der Waals surface area contributed by atoms with Crippen molar-refractivity contribution in [2.24, 2.45) is 0 Å².